The van der Waals surface area contributed by atoms with Crippen LogP contribution in [-0.2, 0) is 11.2 Å². The Bertz CT molecular complexity index is 712. The minimum absolute atomic E-state index is 0.784. The first kappa shape index (κ1) is 16.3. The molecular formula is C18H22ClN3OS. The Kier molecular flexibility index (Phi) is 5.03. The lowest BCUT2D eigenvalue weighted by atomic mass is 10.1. The van der Waals surface area contributed by atoms with E-state index in [1.54, 1.807) is 11.3 Å². The predicted molar refractivity (Wildman–Crippen MR) is 100 cm³/mol. The van der Waals surface area contributed by atoms with Crippen LogP contribution in [-0.4, -0.2) is 49.3 Å². The zero-order valence-electron chi connectivity index (χ0n) is 13.7. The van der Waals surface area contributed by atoms with Crippen molar-refractivity contribution < 1.29 is 4.74 Å². The smallest absolute Gasteiger partial charge is 0.183 e. The number of thiazole rings is 1. The normalized spacial score (nSPS) is 16.9. The molecule has 4 nitrogen and oxygen atoms in total. The Labute approximate surface area is 151 Å². The molecule has 1 aromatic heterocycles. The number of nitrogens with zero attached hydrogens (tertiary/aromatic N) is 2. The van der Waals surface area contributed by atoms with Crippen molar-refractivity contribution >= 4 is 28.1 Å². The topological polar surface area (TPSA) is 37.4 Å². The zero-order chi connectivity index (χ0) is 16.4. The molecule has 0 unspecified atom stereocenters. The van der Waals surface area contributed by atoms with E-state index in [1.807, 2.05) is 12.1 Å². The fourth-order valence-electron chi connectivity index (χ4n) is 3.33. The highest BCUT2D eigenvalue weighted by atomic mass is 35.5. The van der Waals surface area contributed by atoms with Gasteiger partial charge in [-0.25, -0.2) is 4.98 Å². The van der Waals surface area contributed by atoms with Gasteiger partial charge in [-0.2, -0.15) is 0 Å². The Morgan fingerprint density at radius 1 is 1.25 bits per heavy atom. The third-order valence-electron chi connectivity index (χ3n) is 4.66. The number of halogens is 1. The average Bonchev–Trinajstić information content (AvgIpc) is 3.13. The molecule has 4 rings (SSSR count). The van der Waals surface area contributed by atoms with E-state index in [9.17, 15) is 0 Å². The van der Waals surface area contributed by atoms with Crippen LogP contribution in [0.25, 0.3) is 11.3 Å². The zero-order valence-corrected chi connectivity index (χ0v) is 15.3. The fraction of sp³-hybridized carbons (Fsp3) is 0.500. The van der Waals surface area contributed by atoms with E-state index in [4.69, 9.17) is 21.3 Å². The summed E-state index contributed by atoms with van der Waals surface area (Å²) >= 11 is 7.91. The van der Waals surface area contributed by atoms with Crippen molar-refractivity contribution in [2.75, 3.05) is 44.7 Å². The number of aromatic nitrogens is 1. The van der Waals surface area contributed by atoms with Gasteiger partial charge < -0.3 is 10.1 Å². The fourth-order valence-corrected chi connectivity index (χ4v) is 4.53. The largest absolute Gasteiger partial charge is 0.379 e. The van der Waals surface area contributed by atoms with Gasteiger partial charge in [0.05, 0.1) is 18.9 Å². The summed E-state index contributed by atoms with van der Waals surface area (Å²) in [7, 11) is 0. The summed E-state index contributed by atoms with van der Waals surface area (Å²) in [5.74, 6) is 0. The highest BCUT2D eigenvalue weighted by Gasteiger charge is 2.23. The molecule has 2 aromatic rings. The lowest BCUT2D eigenvalue weighted by molar-refractivity contribution is 0.0373. The summed E-state index contributed by atoms with van der Waals surface area (Å²) in [5.41, 5.74) is 3.66. The lowest BCUT2D eigenvalue weighted by Gasteiger charge is -2.26. The maximum absolute atomic E-state index is 6.13. The number of unbranched alkanes of at least 4 members (excludes halogenated alkanes) is 1. The predicted octanol–water partition coefficient (Wildman–Crippen LogP) is 3.89. The third kappa shape index (κ3) is 3.59. The van der Waals surface area contributed by atoms with Crippen molar-refractivity contribution in [3.05, 3.63) is 33.7 Å². The Balaban J connectivity index is 1.26. The second-order valence-corrected chi connectivity index (χ2v) is 7.88. The summed E-state index contributed by atoms with van der Waals surface area (Å²) in [5, 5.41) is 5.31. The molecule has 1 aliphatic heterocycles. The second-order valence-electron chi connectivity index (χ2n) is 6.36. The molecule has 0 saturated carbocycles. The number of hydrogen-bond donors (Lipinski definition) is 1. The Morgan fingerprint density at radius 2 is 2.12 bits per heavy atom. The summed E-state index contributed by atoms with van der Waals surface area (Å²) < 4.78 is 5.38. The standard InChI is InChI=1S/C18H22ClN3OS/c19-14-4-3-13-11-16-17(15(13)12-14)21-18(24-16)20-5-1-2-6-22-7-9-23-10-8-22/h3-4,12H,1-2,5-11H2,(H,20,21). The van der Waals surface area contributed by atoms with Gasteiger partial charge in [0.25, 0.3) is 0 Å². The van der Waals surface area contributed by atoms with Crippen molar-refractivity contribution in [1.29, 1.82) is 0 Å². The molecule has 1 aromatic carbocycles. The lowest BCUT2D eigenvalue weighted by Crippen LogP contribution is -2.36. The number of morpholine rings is 1. The minimum atomic E-state index is 0.784. The van der Waals surface area contributed by atoms with Crippen LogP contribution < -0.4 is 5.32 Å². The molecule has 1 N–H and O–H groups in total. The number of rotatable bonds is 6. The molecule has 0 amide bonds. The van der Waals surface area contributed by atoms with Gasteiger partial charge in [0.15, 0.2) is 5.13 Å². The SMILES string of the molecule is Clc1ccc2c(c1)-c1nc(NCCCCN3CCOCC3)sc1C2. The first-order valence-corrected chi connectivity index (χ1v) is 9.81. The monoisotopic (exact) mass is 363 g/mol. The molecule has 1 saturated heterocycles. The van der Waals surface area contributed by atoms with Crippen molar-refractivity contribution in [3.63, 3.8) is 0 Å². The minimum Gasteiger partial charge on any atom is -0.379 e. The molecule has 0 bridgehead atoms. The van der Waals surface area contributed by atoms with Gasteiger partial charge in [-0.3, -0.25) is 4.90 Å². The molecule has 24 heavy (non-hydrogen) atoms. The van der Waals surface area contributed by atoms with Gasteiger partial charge in [0.1, 0.15) is 0 Å². The third-order valence-corrected chi connectivity index (χ3v) is 5.90. The van der Waals surface area contributed by atoms with Gasteiger partial charge in [-0.15, -0.1) is 11.3 Å². The molecule has 1 fully saturated rings. The van der Waals surface area contributed by atoms with E-state index >= 15 is 0 Å². The number of anilines is 1. The van der Waals surface area contributed by atoms with Crippen molar-refractivity contribution in [2.24, 2.45) is 0 Å². The molecular weight excluding hydrogens is 342 g/mol. The molecule has 0 atom stereocenters. The van der Waals surface area contributed by atoms with Crippen molar-refractivity contribution in [1.82, 2.24) is 9.88 Å². The Morgan fingerprint density at radius 3 is 3.00 bits per heavy atom. The summed E-state index contributed by atoms with van der Waals surface area (Å²) in [6.45, 7) is 6.08. The van der Waals surface area contributed by atoms with Crippen LogP contribution >= 0.6 is 22.9 Å². The van der Waals surface area contributed by atoms with Crippen molar-refractivity contribution in [2.45, 2.75) is 19.3 Å². The summed E-state index contributed by atoms with van der Waals surface area (Å²) in [4.78, 5) is 8.62. The highest BCUT2D eigenvalue weighted by molar-refractivity contribution is 7.16. The Hall–Kier alpha value is -1.14. The molecule has 0 spiro atoms. The number of ether oxygens (including phenoxy) is 1. The van der Waals surface area contributed by atoms with Crippen LogP contribution in [0, 0.1) is 0 Å². The second kappa shape index (κ2) is 7.40. The van der Waals surface area contributed by atoms with E-state index in [0.29, 0.717) is 0 Å². The van der Waals surface area contributed by atoms with Gasteiger partial charge in [-0.1, -0.05) is 17.7 Å². The van der Waals surface area contributed by atoms with Crippen molar-refractivity contribution in [3.8, 4) is 11.3 Å². The van der Waals surface area contributed by atoms with E-state index in [1.165, 1.54) is 35.4 Å². The maximum atomic E-state index is 6.13. The van der Waals surface area contributed by atoms with E-state index in [-0.39, 0.29) is 0 Å². The number of nitrogens with one attached hydrogen (secondary N) is 1. The quantitative estimate of drug-likeness (QED) is 0.674. The van der Waals surface area contributed by atoms with Crippen LogP contribution in [0.3, 0.4) is 0 Å². The van der Waals surface area contributed by atoms with Gasteiger partial charge in [0, 0.05) is 41.5 Å². The number of fused-ring (bicyclic) bond motifs is 3. The number of benzene rings is 1. The first-order valence-electron chi connectivity index (χ1n) is 8.62. The van der Waals surface area contributed by atoms with Crippen LogP contribution in [0.2, 0.25) is 5.02 Å². The van der Waals surface area contributed by atoms with E-state index in [0.717, 1.165) is 55.1 Å². The molecule has 0 radical (unpaired) electrons. The van der Waals surface area contributed by atoms with Gasteiger partial charge in [0.2, 0.25) is 0 Å². The van der Waals surface area contributed by atoms with Crippen LogP contribution in [0.15, 0.2) is 18.2 Å². The molecule has 2 heterocycles. The van der Waals surface area contributed by atoms with Gasteiger partial charge >= 0.3 is 0 Å². The van der Waals surface area contributed by atoms with Crippen LogP contribution in [0.4, 0.5) is 5.13 Å². The molecule has 128 valence electrons. The van der Waals surface area contributed by atoms with E-state index in [2.05, 4.69) is 16.3 Å². The average molecular weight is 364 g/mol. The van der Waals surface area contributed by atoms with Crippen LogP contribution in [0.1, 0.15) is 23.3 Å². The molecule has 1 aliphatic carbocycles. The molecule has 2 aliphatic rings. The summed E-state index contributed by atoms with van der Waals surface area (Å²) in [6, 6.07) is 6.12. The van der Waals surface area contributed by atoms with Gasteiger partial charge in [-0.05, 0) is 37.1 Å². The van der Waals surface area contributed by atoms with Crippen LogP contribution in [0.5, 0.6) is 0 Å². The summed E-state index contributed by atoms with van der Waals surface area (Å²) in [6.07, 6.45) is 3.37. The van der Waals surface area contributed by atoms with E-state index < -0.39 is 0 Å². The first-order chi connectivity index (χ1) is 11.8. The molecule has 6 heteroatoms. The number of hydrogen-bond acceptors (Lipinski definition) is 5. The maximum Gasteiger partial charge on any atom is 0.183 e. The highest BCUT2D eigenvalue weighted by Crippen LogP contribution is 2.41.